The summed E-state index contributed by atoms with van der Waals surface area (Å²) in [6.45, 7) is 3.64. The van der Waals surface area contributed by atoms with Gasteiger partial charge in [0.1, 0.15) is 24.4 Å². The summed E-state index contributed by atoms with van der Waals surface area (Å²) < 4.78 is 39.1. The zero-order chi connectivity index (χ0) is 22.4. The predicted octanol–water partition coefficient (Wildman–Crippen LogP) is -0.368. The van der Waals surface area contributed by atoms with Gasteiger partial charge in [-0.05, 0) is 13.3 Å². The van der Waals surface area contributed by atoms with Crippen LogP contribution in [0.2, 0.25) is 0 Å². The fourth-order valence-corrected chi connectivity index (χ4v) is 4.14. The largest absolute Gasteiger partial charge is 0.387 e. The highest BCUT2D eigenvalue weighted by atomic mass is 31.2. The molecule has 1 saturated heterocycles. The molecule has 3 unspecified atom stereocenters. The van der Waals surface area contributed by atoms with Gasteiger partial charge < -0.3 is 29.5 Å². The lowest BCUT2D eigenvalue weighted by atomic mass is 9.99. The molecule has 0 bridgehead atoms. The minimum atomic E-state index is -4.95. The van der Waals surface area contributed by atoms with Crippen molar-refractivity contribution < 1.29 is 38.4 Å². The van der Waals surface area contributed by atoms with Gasteiger partial charge in [-0.1, -0.05) is 13.8 Å². The lowest BCUT2D eigenvalue weighted by Crippen LogP contribution is -2.48. The maximum absolute atomic E-state index is 15.5. The molecule has 0 amide bonds. The second kappa shape index (κ2) is 8.03. The van der Waals surface area contributed by atoms with Crippen LogP contribution in [0.5, 0.6) is 0 Å². The Morgan fingerprint density at radius 2 is 1.90 bits per heavy atom. The van der Waals surface area contributed by atoms with Crippen molar-refractivity contribution in [2.45, 2.75) is 69.2 Å². The number of hydrogen-bond acceptors (Lipinski definition) is 8. The molecule has 166 valence electrons. The van der Waals surface area contributed by atoms with Gasteiger partial charge in [-0.15, -0.1) is 0 Å². The molecule has 13 heteroatoms. The number of H-pyrrole nitrogens is 1. The second-order valence-electron chi connectivity index (χ2n) is 7.24. The van der Waals surface area contributed by atoms with Gasteiger partial charge in [-0.3, -0.25) is 18.9 Å². The van der Waals surface area contributed by atoms with Crippen molar-refractivity contribution in [3.8, 4) is 0 Å². The predicted molar refractivity (Wildman–Crippen MR) is 97.9 cm³/mol. The number of hydrogen-bond donors (Lipinski definition) is 5. The number of aromatic nitrogens is 2. The minimum absolute atomic E-state index is 0.229. The van der Waals surface area contributed by atoms with Crippen LogP contribution >= 0.6 is 7.60 Å². The molecule has 0 saturated carbocycles. The topological polar surface area (TPSA) is 171 Å². The summed E-state index contributed by atoms with van der Waals surface area (Å²) in [7, 11) is -3.63. The third-order valence-electron chi connectivity index (χ3n) is 5.17. The Hall–Kier alpha value is -1.40. The maximum atomic E-state index is 15.5. The van der Waals surface area contributed by atoms with Gasteiger partial charge in [0, 0.05) is 19.7 Å². The number of ether oxygens (including phenoxy) is 1. The van der Waals surface area contributed by atoms with Gasteiger partial charge in [-0.25, -0.2) is 9.18 Å². The first-order chi connectivity index (χ1) is 13.2. The summed E-state index contributed by atoms with van der Waals surface area (Å²) >= 11 is 0. The zero-order valence-corrected chi connectivity index (χ0v) is 17.3. The van der Waals surface area contributed by atoms with Gasteiger partial charge in [0.2, 0.25) is 5.85 Å². The van der Waals surface area contributed by atoms with Crippen molar-refractivity contribution in [1.29, 1.82) is 0 Å². The second-order valence-corrected chi connectivity index (χ2v) is 9.42. The van der Waals surface area contributed by atoms with Gasteiger partial charge in [0.25, 0.3) is 5.56 Å². The van der Waals surface area contributed by atoms with Crippen molar-refractivity contribution >= 4 is 7.60 Å². The summed E-state index contributed by atoms with van der Waals surface area (Å²) in [5, 5.41) is 28.4. The maximum Gasteiger partial charge on any atom is 0.361 e. The molecule has 1 aliphatic rings. The van der Waals surface area contributed by atoms with Crippen LogP contribution < -0.4 is 11.2 Å². The Morgan fingerprint density at radius 3 is 2.41 bits per heavy atom. The number of alkyl halides is 1. The van der Waals surface area contributed by atoms with Crippen molar-refractivity contribution in [2.24, 2.45) is 7.05 Å². The van der Waals surface area contributed by atoms with Gasteiger partial charge in [-0.2, -0.15) is 0 Å². The number of rotatable bonds is 7. The highest BCUT2D eigenvalue weighted by Crippen LogP contribution is 2.60. The number of aliphatic hydroxyl groups is 3. The van der Waals surface area contributed by atoms with Crippen molar-refractivity contribution in [3.63, 3.8) is 0 Å². The first-order valence-corrected chi connectivity index (χ1v) is 10.5. The first-order valence-electron chi connectivity index (χ1n) is 8.97. The van der Waals surface area contributed by atoms with Crippen LogP contribution in [-0.4, -0.2) is 59.3 Å². The molecule has 29 heavy (non-hydrogen) atoms. The average molecular weight is 440 g/mol. The average Bonchev–Trinajstić information content (AvgIpc) is 2.93. The van der Waals surface area contributed by atoms with Crippen LogP contribution in [0.25, 0.3) is 0 Å². The molecule has 0 spiro atoms. The molecule has 1 fully saturated rings. The number of halogens is 1. The molecule has 0 radical (unpaired) electrons. The van der Waals surface area contributed by atoms with Gasteiger partial charge >= 0.3 is 13.3 Å². The molecular weight excluding hydrogens is 414 g/mol. The Bertz CT molecular complexity index is 916. The molecule has 7 atom stereocenters. The van der Waals surface area contributed by atoms with E-state index in [9.17, 15) is 34.4 Å². The lowest BCUT2D eigenvalue weighted by molar-refractivity contribution is -0.193. The van der Waals surface area contributed by atoms with E-state index < -0.39 is 60.9 Å². The fourth-order valence-electron chi connectivity index (χ4n) is 2.90. The molecule has 0 aliphatic carbocycles. The van der Waals surface area contributed by atoms with Crippen LogP contribution in [0.1, 0.15) is 45.3 Å². The summed E-state index contributed by atoms with van der Waals surface area (Å²) in [6.07, 6.45) is -6.98. The van der Waals surface area contributed by atoms with E-state index in [1.165, 1.54) is 20.9 Å². The van der Waals surface area contributed by atoms with Crippen LogP contribution in [0.4, 0.5) is 4.39 Å². The molecule has 1 aromatic rings. The fraction of sp³-hybridized carbons (Fsp3) is 0.750. The third-order valence-corrected chi connectivity index (χ3v) is 7.25. The molecule has 2 rings (SSSR count). The minimum Gasteiger partial charge on any atom is -0.387 e. The number of aliphatic hydroxyl groups excluding tert-OH is 2. The Balaban J connectivity index is 2.42. The summed E-state index contributed by atoms with van der Waals surface area (Å²) in [5.74, 6) is -3.08. The Labute approximate surface area is 165 Å². The van der Waals surface area contributed by atoms with E-state index in [4.69, 9.17) is 9.26 Å². The molecule has 0 aromatic carbocycles. The van der Waals surface area contributed by atoms with Crippen molar-refractivity contribution in [1.82, 2.24) is 9.55 Å². The third kappa shape index (κ3) is 4.24. The normalized spacial score (nSPS) is 31.1. The molecule has 1 aliphatic heterocycles. The smallest absolute Gasteiger partial charge is 0.361 e. The van der Waals surface area contributed by atoms with Crippen LogP contribution in [-0.2, 0) is 20.9 Å². The molecular formula is C16H26FN2O9P. The van der Waals surface area contributed by atoms with Crippen molar-refractivity contribution in [3.05, 3.63) is 32.6 Å². The Morgan fingerprint density at radius 1 is 1.31 bits per heavy atom. The number of aryl methyl sites for hydroxylation is 1. The summed E-state index contributed by atoms with van der Waals surface area (Å²) in [4.78, 5) is 35.6. The van der Waals surface area contributed by atoms with E-state index in [2.05, 4.69) is 0 Å². The molecule has 1 aromatic heterocycles. The Kier molecular flexibility index (Phi) is 6.61. The van der Waals surface area contributed by atoms with Crippen LogP contribution in [0.15, 0.2) is 15.8 Å². The van der Waals surface area contributed by atoms with E-state index in [0.29, 0.717) is 0 Å². The van der Waals surface area contributed by atoms with E-state index in [1.807, 2.05) is 4.98 Å². The number of nitrogens with zero attached hydrogens (tertiary/aromatic N) is 1. The first kappa shape index (κ1) is 23.9. The van der Waals surface area contributed by atoms with E-state index in [1.54, 1.807) is 0 Å². The van der Waals surface area contributed by atoms with Crippen LogP contribution in [0.3, 0.4) is 0 Å². The van der Waals surface area contributed by atoms with E-state index >= 15 is 4.39 Å². The molecule has 11 nitrogen and oxygen atoms in total. The monoisotopic (exact) mass is 440 g/mol. The SMILES string of the molecule is CCC(F)(OP(=O)(O)C(C)(O)CC)[C@H]1O[C@@H](c2cn(C)c(=O)[nH]c2=O)[C@H](O)[C@@H]1O. The number of nitrogens with one attached hydrogen (secondary N) is 1. The standard InChI is InChI=1S/C16H26FN2O9P/c1-5-15(3,24)29(25,26)28-16(17,6-2)12-10(21)9(20)11(27-12)8-7-19(4)14(23)18-13(8)22/h7,9-12,20-21,24H,5-6H2,1-4H3,(H,25,26)(H,18,22,23)/t9-,10+,11+,12+,15?,16?/m1/s1. The van der Waals surface area contributed by atoms with Crippen molar-refractivity contribution in [2.75, 3.05) is 0 Å². The lowest BCUT2D eigenvalue weighted by Gasteiger charge is -2.36. The highest BCUT2D eigenvalue weighted by Gasteiger charge is 2.59. The molecule has 5 N–H and O–H groups in total. The van der Waals surface area contributed by atoms with Gasteiger partial charge in [0.05, 0.1) is 5.56 Å². The zero-order valence-electron chi connectivity index (χ0n) is 16.4. The summed E-state index contributed by atoms with van der Waals surface area (Å²) in [6, 6.07) is 0. The van der Waals surface area contributed by atoms with E-state index in [0.717, 1.165) is 17.7 Å². The quantitative estimate of drug-likeness (QED) is 0.355. The number of aromatic amines is 1. The van der Waals surface area contributed by atoms with E-state index in [-0.39, 0.29) is 12.0 Å². The van der Waals surface area contributed by atoms with Crippen LogP contribution in [0, 0.1) is 0 Å². The molecule has 2 heterocycles. The van der Waals surface area contributed by atoms with Gasteiger partial charge in [0.15, 0.2) is 5.34 Å². The highest BCUT2D eigenvalue weighted by molar-refractivity contribution is 7.54. The summed E-state index contributed by atoms with van der Waals surface area (Å²) in [5.41, 5.74) is -1.90.